The third-order valence-electron chi connectivity index (χ3n) is 17.8. The molecule has 4 N–H and O–H groups in total. The van der Waals surface area contributed by atoms with Crippen LogP contribution in [0, 0.1) is 58.2 Å². The fraction of sp³-hybridized carbons (Fsp3) is 0.778. The molecular formula is C54H74F6N8O10. The Morgan fingerprint density at radius 2 is 0.872 bits per heavy atom. The first-order valence-corrected chi connectivity index (χ1v) is 27.4. The number of nitrogens with zero attached hydrogens (tertiary/aromatic N) is 4. The van der Waals surface area contributed by atoms with Crippen LogP contribution in [0.25, 0.3) is 0 Å². The van der Waals surface area contributed by atoms with Gasteiger partial charge >= 0.3 is 12.2 Å². The molecule has 2 aliphatic heterocycles. The van der Waals surface area contributed by atoms with Crippen molar-refractivity contribution in [3.05, 3.63) is 35.7 Å². The smallest absolute Gasteiger partial charge is 0.410 e. The fourth-order valence-electron chi connectivity index (χ4n) is 14.1. The van der Waals surface area contributed by atoms with E-state index in [2.05, 4.69) is 31.2 Å². The third kappa shape index (κ3) is 11.7. The Bertz CT molecular complexity index is 2430. The van der Waals surface area contributed by atoms with Crippen LogP contribution in [0.3, 0.4) is 0 Å². The summed E-state index contributed by atoms with van der Waals surface area (Å²) in [6.45, 7) is 11.7. The number of alkyl halides is 6. The minimum absolute atomic E-state index is 0.0282. The summed E-state index contributed by atoms with van der Waals surface area (Å²) in [6, 6.07) is -1.54. The summed E-state index contributed by atoms with van der Waals surface area (Å²) in [5.41, 5.74) is -2.47. The number of piperidine rings is 2. The number of aromatic nitrogens is 2. The van der Waals surface area contributed by atoms with Gasteiger partial charge in [-0.2, -0.15) is 17.6 Å². The summed E-state index contributed by atoms with van der Waals surface area (Å²) < 4.78 is 105. The van der Waals surface area contributed by atoms with Crippen LogP contribution >= 0.6 is 0 Å². The molecule has 8 fully saturated rings. The molecule has 8 unspecified atom stereocenters. The Balaban J connectivity index is 0.000000190. The van der Waals surface area contributed by atoms with E-state index in [0.717, 1.165) is 63.9 Å². The van der Waals surface area contributed by atoms with Crippen LogP contribution in [-0.2, 0) is 53.6 Å². The summed E-state index contributed by atoms with van der Waals surface area (Å²) >= 11 is 0. The van der Waals surface area contributed by atoms with Gasteiger partial charge in [-0.3, -0.25) is 19.2 Å². The van der Waals surface area contributed by atoms with E-state index in [1.165, 1.54) is 9.80 Å². The molecule has 2 spiro atoms. The number of oxazole rings is 2. The molecule has 0 aromatic carbocycles. The second-order valence-corrected chi connectivity index (χ2v) is 25.3. The lowest BCUT2D eigenvalue weighted by molar-refractivity contribution is -0.138. The van der Waals surface area contributed by atoms with Crippen molar-refractivity contribution in [2.24, 2.45) is 58.2 Å². The molecule has 18 nitrogen and oxygen atoms in total. The zero-order valence-electron chi connectivity index (χ0n) is 45.5. The largest absolute Gasteiger partial charge is 0.447 e. The van der Waals surface area contributed by atoms with Gasteiger partial charge in [0.1, 0.15) is 47.5 Å². The minimum Gasteiger partial charge on any atom is -0.447 e. The molecule has 6 amide bonds. The van der Waals surface area contributed by atoms with Crippen molar-refractivity contribution < 1.29 is 73.4 Å². The lowest BCUT2D eigenvalue weighted by Crippen LogP contribution is -2.56. The molecule has 2 aromatic heterocycles. The first-order chi connectivity index (χ1) is 36.4. The SMILES string of the molecule is CC(C)(C)OC(=O)N1CC[C@@H](NC(=O)C2C(C(=O)NCc3nc(C(C)(F)F)co3)C3CCC2C32CC2)[C@H](F)C1.CC(C)(C)OC(=O)N1CC[C@H](NC(=O)C2C(C(=O)NCc3nc(C(C)(F)F)co3)C3CCC2C32CC2)[C@@H](F)C1. The summed E-state index contributed by atoms with van der Waals surface area (Å²) in [5.74, 6) is -9.92. The maximum Gasteiger partial charge on any atom is 0.410 e. The highest BCUT2D eigenvalue weighted by Crippen LogP contribution is 2.75. The van der Waals surface area contributed by atoms with Crippen LogP contribution in [-0.4, -0.2) is 117 Å². The first kappa shape index (κ1) is 57.1. The molecule has 6 saturated carbocycles. The molecule has 4 bridgehead atoms. The number of carbonyl (C=O) groups is 6. The van der Waals surface area contributed by atoms with Gasteiger partial charge in [-0.25, -0.2) is 28.3 Å². The third-order valence-corrected chi connectivity index (χ3v) is 17.8. The van der Waals surface area contributed by atoms with Gasteiger partial charge in [0.15, 0.2) is 0 Å². The van der Waals surface area contributed by atoms with Gasteiger partial charge in [-0.05, 0) is 140 Å². The van der Waals surface area contributed by atoms with E-state index in [-0.39, 0.29) is 122 Å². The average Bonchev–Trinajstić information content (AvgIpc) is 2.50. The molecule has 24 heteroatoms. The predicted molar refractivity (Wildman–Crippen MR) is 264 cm³/mol. The number of rotatable bonds is 12. The summed E-state index contributed by atoms with van der Waals surface area (Å²) in [7, 11) is 0. The maximum atomic E-state index is 15.1. The maximum absolute atomic E-state index is 15.1. The second kappa shape index (κ2) is 20.8. The molecule has 10 rings (SSSR count). The lowest BCUT2D eigenvalue weighted by atomic mass is 9.78. The van der Waals surface area contributed by atoms with Gasteiger partial charge in [0.2, 0.25) is 35.4 Å². The van der Waals surface area contributed by atoms with Crippen LogP contribution in [0.4, 0.5) is 35.9 Å². The van der Waals surface area contributed by atoms with Crippen molar-refractivity contribution in [3.63, 3.8) is 0 Å². The van der Waals surface area contributed by atoms with E-state index in [1.54, 1.807) is 41.5 Å². The highest BCUT2D eigenvalue weighted by Gasteiger charge is 2.73. The monoisotopic (exact) mass is 1110 g/mol. The zero-order chi connectivity index (χ0) is 56.7. The predicted octanol–water partition coefficient (Wildman–Crippen LogP) is 7.84. The summed E-state index contributed by atoms with van der Waals surface area (Å²) in [6.07, 6.45) is 5.35. The van der Waals surface area contributed by atoms with Gasteiger partial charge < -0.3 is 49.4 Å². The summed E-state index contributed by atoms with van der Waals surface area (Å²) in [5, 5.41) is 11.2. The van der Waals surface area contributed by atoms with Crippen LogP contribution in [0.1, 0.15) is 143 Å². The number of amides is 6. The molecule has 4 heterocycles. The quantitative estimate of drug-likeness (QED) is 0.149. The standard InChI is InChI=1S/2C27H37F3N4O5/c2*1-25(2,3)39-24(37)34-10-7-17(16(28)12-34)32-23(36)21-15-6-5-14(27(15)8-9-27)20(21)22(35)31-11-19-33-18(13-38-19)26(4,29)30/h2*13-17,20-21H,5-12H2,1-4H3,(H,31,35)(H,32,36)/t2*14?,15?,16-,17-,20?,21?/m10/s1. The van der Waals surface area contributed by atoms with Crippen LogP contribution < -0.4 is 21.3 Å². The normalized spacial score (nSPS) is 31.3. The van der Waals surface area contributed by atoms with E-state index in [4.69, 9.17) is 18.3 Å². The fourth-order valence-corrected chi connectivity index (χ4v) is 14.1. The molecule has 78 heavy (non-hydrogen) atoms. The number of carbonyl (C=O) groups excluding carboxylic acids is 6. The Kier molecular flexibility index (Phi) is 15.2. The van der Waals surface area contributed by atoms with Crippen LogP contribution in [0.5, 0.6) is 0 Å². The molecule has 12 atom stereocenters. The van der Waals surface area contributed by atoms with Gasteiger partial charge in [-0.1, -0.05) is 0 Å². The number of hydrogen-bond donors (Lipinski definition) is 4. The van der Waals surface area contributed by atoms with Crippen LogP contribution in [0.2, 0.25) is 0 Å². The van der Waals surface area contributed by atoms with E-state index in [0.29, 0.717) is 13.8 Å². The molecule has 6 aliphatic carbocycles. The highest BCUT2D eigenvalue weighted by molar-refractivity contribution is 5.91. The number of ether oxygens (including phenoxy) is 2. The highest BCUT2D eigenvalue weighted by atomic mass is 19.3. The van der Waals surface area contributed by atoms with Crippen molar-refractivity contribution in [2.75, 3.05) is 26.2 Å². The first-order valence-electron chi connectivity index (χ1n) is 27.4. The number of likely N-dealkylation sites (tertiary alicyclic amines) is 2. The van der Waals surface area contributed by atoms with Crippen molar-refractivity contribution in [1.82, 2.24) is 41.0 Å². The molecule has 8 aliphatic rings. The lowest BCUT2D eigenvalue weighted by Gasteiger charge is -2.37. The van der Waals surface area contributed by atoms with E-state index in [9.17, 15) is 46.3 Å². The second-order valence-electron chi connectivity index (χ2n) is 25.3. The molecule has 432 valence electrons. The topological polar surface area (TPSA) is 228 Å². The number of hydrogen-bond acceptors (Lipinski definition) is 12. The average molecular weight is 1110 g/mol. The van der Waals surface area contributed by atoms with E-state index in [1.807, 2.05) is 0 Å². The Morgan fingerprint density at radius 3 is 1.14 bits per heavy atom. The van der Waals surface area contributed by atoms with Gasteiger partial charge in [0, 0.05) is 26.9 Å². The number of nitrogens with one attached hydrogen (secondary N) is 4. The molecule has 2 saturated heterocycles. The van der Waals surface area contributed by atoms with E-state index < -0.39 is 94.7 Å². The minimum atomic E-state index is -3.16. The Hall–Kier alpha value is -5.58. The number of halogens is 6. The zero-order valence-corrected chi connectivity index (χ0v) is 45.5. The van der Waals surface area contributed by atoms with Crippen LogP contribution in [0.15, 0.2) is 21.4 Å². The molecule has 0 radical (unpaired) electrons. The van der Waals surface area contributed by atoms with Crippen molar-refractivity contribution in [3.8, 4) is 0 Å². The summed E-state index contributed by atoms with van der Waals surface area (Å²) in [4.78, 5) is 88.8. The Labute approximate surface area is 449 Å². The van der Waals surface area contributed by atoms with Crippen molar-refractivity contribution >= 4 is 35.8 Å². The molecular weight excluding hydrogens is 1030 g/mol. The van der Waals surface area contributed by atoms with Crippen molar-refractivity contribution in [2.45, 2.75) is 180 Å². The van der Waals surface area contributed by atoms with Gasteiger partial charge in [-0.15, -0.1) is 0 Å². The molecule has 2 aromatic rings. The van der Waals surface area contributed by atoms with E-state index >= 15 is 8.78 Å². The van der Waals surface area contributed by atoms with Gasteiger partial charge in [0.05, 0.1) is 61.9 Å². The van der Waals surface area contributed by atoms with Crippen molar-refractivity contribution in [1.29, 1.82) is 0 Å². The Morgan fingerprint density at radius 1 is 0.551 bits per heavy atom. The van der Waals surface area contributed by atoms with Gasteiger partial charge in [0.25, 0.3) is 11.8 Å².